The zero-order valence-electron chi connectivity index (χ0n) is 11.3. The van der Waals surface area contributed by atoms with Gasteiger partial charge < -0.3 is 0 Å². The average Bonchev–Trinajstić information content (AvgIpc) is 2.38. The minimum absolute atomic E-state index is 0.0526. The zero-order chi connectivity index (χ0) is 15.2. The monoisotopic (exact) mass is 296 g/mol. The fourth-order valence-corrected chi connectivity index (χ4v) is 2.41. The number of hydrogen-bond donors (Lipinski definition) is 2. The molecule has 0 atom stereocenters. The van der Waals surface area contributed by atoms with Gasteiger partial charge in [0.15, 0.2) is 0 Å². The summed E-state index contributed by atoms with van der Waals surface area (Å²) in [5, 5.41) is 9.87. The summed E-state index contributed by atoms with van der Waals surface area (Å²) in [5.41, 5.74) is 2.91. The lowest BCUT2D eigenvalue weighted by atomic mass is 10.2. The van der Waals surface area contributed by atoms with E-state index >= 15 is 0 Å². The van der Waals surface area contributed by atoms with Gasteiger partial charge in [0.2, 0.25) is 10.0 Å². The number of carbonyl (C=O) groups is 1. The van der Waals surface area contributed by atoms with Crippen LogP contribution in [0, 0.1) is 11.3 Å². The van der Waals surface area contributed by atoms with Crippen LogP contribution in [0.15, 0.2) is 29.2 Å². The molecule has 8 heteroatoms. The van der Waals surface area contributed by atoms with E-state index in [-0.39, 0.29) is 23.8 Å². The van der Waals surface area contributed by atoms with Gasteiger partial charge in [-0.25, -0.2) is 18.1 Å². The second kappa shape index (κ2) is 7.00. The smallest absolute Gasteiger partial charge is 0.265 e. The number of amides is 1. The van der Waals surface area contributed by atoms with Gasteiger partial charge in [-0.3, -0.25) is 10.2 Å². The van der Waals surface area contributed by atoms with Gasteiger partial charge in [-0.1, -0.05) is 0 Å². The van der Waals surface area contributed by atoms with E-state index in [0.29, 0.717) is 5.56 Å². The van der Waals surface area contributed by atoms with E-state index in [0.717, 1.165) is 0 Å². The highest BCUT2D eigenvalue weighted by molar-refractivity contribution is 7.89. The molecule has 108 valence electrons. The van der Waals surface area contributed by atoms with Crippen LogP contribution in [0.3, 0.4) is 0 Å². The number of nitrogens with zero attached hydrogens (tertiary/aromatic N) is 2. The van der Waals surface area contributed by atoms with Crippen LogP contribution in [0.25, 0.3) is 0 Å². The third kappa shape index (κ3) is 4.62. The van der Waals surface area contributed by atoms with E-state index in [2.05, 4.69) is 10.1 Å². The molecule has 7 nitrogen and oxygen atoms in total. The minimum Gasteiger partial charge on any atom is -0.285 e. The molecule has 0 aromatic heterocycles. The molecule has 0 spiro atoms. The summed E-state index contributed by atoms with van der Waals surface area (Å²) in [6.45, 7) is 0.0572. The lowest BCUT2D eigenvalue weighted by molar-refractivity contribution is 0.0857. The number of nitrogens with one attached hydrogen (secondary N) is 2. The Morgan fingerprint density at radius 2 is 1.90 bits per heavy atom. The molecule has 0 saturated carbocycles. The van der Waals surface area contributed by atoms with Crippen molar-refractivity contribution in [2.45, 2.75) is 11.3 Å². The van der Waals surface area contributed by atoms with Crippen LogP contribution in [0.2, 0.25) is 0 Å². The van der Waals surface area contributed by atoms with Gasteiger partial charge in [-0.2, -0.15) is 5.26 Å². The summed E-state index contributed by atoms with van der Waals surface area (Å²) >= 11 is 0. The van der Waals surface area contributed by atoms with Crippen molar-refractivity contribution in [2.75, 3.05) is 20.6 Å². The van der Waals surface area contributed by atoms with E-state index in [9.17, 15) is 13.2 Å². The number of carbonyl (C=O) groups excluding carboxylic acids is 1. The lowest BCUT2D eigenvalue weighted by Gasteiger charge is -2.12. The number of hydrazine groups is 1. The van der Waals surface area contributed by atoms with Crippen LogP contribution in [-0.2, 0) is 10.0 Å². The Kier molecular flexibility index (Phi) is 5.64. The molecule has 1 rings (SSSR count). The highest BCUT2D eigenvalue weighted by Gasteiger charge is 2.14. The standard InChI is InChI=1S/C12H16N4O3S/c1-16(2)15-12(17)10-4-6-11(7-5-10)20(18,19)14-9-3-8-13/h4-7,14H,3,9H2,1-2H3,(H,15,17). The largest absolute Gasteiger partial charge is 0.285 e. The Bertz CT molecular complexity index is 603. The van der Waals surface area contributed by atoms with E-state index in [4.69, 9.17) is 5.26 Å². The first-order chi connectivity index (χ1) is 9.36. The number of benzene rings is 1. The second-order valence-electron chi connectivity index (χ2n) is 4.17. The zero-order valence-corrected chi connectivity index (χ0v) is 12.1. The SMILES string of the molecule is CN(C)NC(=O)c1ccc(S(=O)(=O)NCCC#N)cc1. The van der Waals surface area contributed by atoms with Crippen molar-refractivity contribution >= 4 is 15.9 Å². The molecule has 0 saturated heterocycles. The fourth-order valence-electron chi connectivity index (χ4n) is 1.38. The van der Waals surface area contributed by atoms with Gasteiger partial charge in [0, 0.05) is 32.6 Å². The van der Waals surface area contributed by atoms with Gasteiger partial charge in [-0.15, -0.1) is 0 Å². The van der Waals surface area contributed by atoms with Crippen LogP contribution in [0.1, 0.15) is 16.8 Å². The van der Waals surface area contributed by atoms with Crippen molar-refractivity contribution in [1.82, 2.24) is 15.2 Å². The molecule has 0 aliphatic carbocycles. The maximum atomic E-state index is 11.8. The first kappa shape index (κ1) is 16.1. The maximum absolute atomic E-state index is 11.8. The Hall–Kier alpha value is -1.95. The van der Waals surface area contributed by atoms with E-state index in [1.54, 1.807) is 14.1 Å². The predicted molar refractivity (Wildman–Crippen MR) is 73.0 cm³/mol. The molecule has 1 amide bonds. The van der Waals surface area contributed by atoms with Gasteiger partial charge in [-0.05, 0) is 24.3 Å². The molecule has 1 aromatic rings. The first-order valence-corrected chi connectivity index (χ1v) is 7.30. The number of nitriles is 1. The Labute approximate surface area is 118 Å². The van der Waals surface area contributed by atoms with Crippen molar-refractivity contribution in [3.63, 3.8) is 0 Å². The number of rotatable bonds is 6. The molecular formula is C12H16N4O3S. The molecule has 0 fully saturated rings. The van der Waals surface area contributed by atoms with Crippen LogP contribution in [-0.4, -0.2) is 40.0 Å². The van der Waals surface area contributed by atoms with Crippen LogP contribution in [0.4, 0.5) is 0 Å². The van der Waals surface area contributed by atoms with Crippen molar-refractivity contribution in [2.24, 2.45) is 0 Å². The number of sulfonamides is 1. The quantitative estimate of drug-likeness (QED) is 0.572. The van der Waals surface area contributed by atoms with Crippen LogP contribution in [0.5, 0.6) is 0 Å². The molecular weight excluding hydrogens is 280 g/mol. The lowest BCUT2D eigenvalue weighted by Crippen LogP contribution is -2.36. The topological polar surface area (TPSA) is 102 Å². The first-order valence-electron chi connectivity index (χ1n) is 5.82. The molecule has 0 radical (unpaired) electrons. The molecule has 0 unspecified atom stereocenters. The van der Waals surface area contributed by atoms with Crippen molar-refractivity contribution < 1.29 is 13.2 Å². The van der Waals surface area contributed by atoms with Crippen LogP contribution < -0.4 is 10.1 Å². The summed E-state index contributed by atoms with van der Waals surface area (Å²) in [4.78, 5) is 11.7. The fraction of sp³-hybridized carbons (Fsp3) is 0.333. The summed E-state index contributed by atoms with van der Waals surface area (Å²) in [6.07, 6.45) is 0.0998. The van der Waals surface area contributed by atoms with Crippen molar-refractivity contribution in [3.8, 4) is 6.07 Å². The molecule has 20 heavy (non-hydrogen) atoms. The number of hydrogen-bond acceptors (Lipinski definition) is 5. The summed E-state index contributed by atoms with van der Waals surface area (Å²) in [6, 6.07) is 7.40. The average molecular weight is 296 g/mol. The summed E-state index contributed by atoms with van der Waals surface area (Å²) in [5.74, 6) is -0.323. The van der Waals surface area contributed by atoms with E-state index in [1.165, 1.54) is 29.3 Å². The molecule has 1 aromatic carbocycles. The van der Waals surface area contributed by atoms with E-state index < -0.39 is 10.0 Å². The van der Waals surface area contributed by atoms with Crippen molar-refractivity contribution in [3.05, 3.63) is 29.8 Å². The highest BCUT2D eigenvalue weighted by Crippen LogP contribution is 2.10. The minimum atomic E-state index is -3.64. The summed E-state index contributed by atoms with van der Waals surface area (Å²) in [7, 11) is -0.288. The third-order valence-corrected chi connectivity index (χ3v) is 3.76. The van der Waals surface area contributed by atoms with Gasteiger partial charge in [0.1, 0.15) is 0 Å². The van der Waals surface area contributed by atoms with Gasteiger partial charge in [0.25, 0.3) is 5.91 Å². The summed E-state index contributed by atoms with van der Waals surface area (Å²) < 4.78 is 26.0. The van der Waals surface area contributed by atoms with Gasteiger partial charge >= 0.3 is 0 Å². The second-order valence-corrected chi connectivity index (χ2v) is 5.93. The Morgan fingerprint density at radius 1 is 1.30 bits per heavy atom. The molecule has 0 bridgehead atoms. The maximum Gasteiger partial charge on any atom is 0.265 e. The normalized spacial score (nSPS) is 11.1. The van der Waals surface area contributed by atoms with Crippen molar-refractivity contribution in [1.29, 1.82) is 5.26 Å². The molecule has 0 aliphatic rings. The predicted octanol–water partition coefficient (Wildman–Crippen LogP) is 0.0850. The third-order valence-electron chi connectivity index (χ3n) is 2.28. The highest BCUT2D eigenvalue weighted by atomic mass is 32.2. The Balaban J connectivity index is 2.81. The molecule has 2 N–H and O–H groups in total. The van der Waals surface area contributed by atoms with Gasteiger partial charge in [0.05, 0.1) is 11.0 Å². The Morgan fingerprint density at radius 3 is 2.40 bits per heavy atom. The molecule has 0 aliphatic heterocycles. The van der Waals surface area contributed by atoms with E-state index in [1.807, 2.05) is 6.07 Å². The van der Waals surface area contributed by atoms with Crippen LogP contribution >= 0.6 is 0 Å². The molecule has 0 heterocycles.